The first-order valence-corrected chi connectivity index (χ1v) is 11.4. The maximum absolute atomic E-state index is 13.8. The van der Waals surface area contributed by atoms with Crippen LogP contribution >= 0.6 is 11.9 Å². The average Bonchev–Trinajstić information content (AvgIpc) is 3.22. The number of carbonyl (C=O) groups excluding carboxylic acids is 1. The van der Waals surface area contributed by atoms with E-state index in [0.29, 0.717) is 35.6 Å². The Bertz CT molecular complexity index is 847. The highest BCUT2D eigenvalue weighted by Gasteiger charge is 2.27. The lowest BCUT2D eigenvalue weighted by atomic mass is 9.96. The molecule has 30 heavy (non-hydrogen) atoms. The minimum atomic E-state index is -0.284. The lowest BCUT2D eigenvalue weighted by Gasteiger charge is -2.21. The molecular formula is C23H30FN3O2S. The Balaban J connectivity index is 1.55. The van der Waals surface area contributed by atoms with Gasteiger partial charge in [-0.05, 0) is 67.5 Å². The molecule has 0 spiro atoms. The van der Waals surface area contributed by atoms with E-state index in [9.17, 15) is 9.18 Å². The fourth-order valence-electron chi connectivity index (χ4n) is 4.07. The molecule has 2 aromatic rings. The number of ether oxygens (including phenoxy) is 1. The standard InChI is InChI=1S/C23H30FN3O2S/c1-15(19-11-20(24)14-22(13-19)29-2)27-21-8-7-18(12-21)16-3-5-17(6-4-16)23(28)26-9-10-30-25/h3-6,11,13-15,18,21,27H,7-10,12,25H2,1-2H3,(H,26,28). The first-order valence-electron chi connectivity index (χ1n) is 10.3. The predicted molar refractivity (Wildman–Crippen MR) is 120 cm³/mol. The third kappa shape index (κ3) is 5.97. The van der Waals surface area contributed by atoms with Crippen LogP contribution in [0.25, 0.3) is 0 Å². The third-order valence-corrected chi connectivity index (χ3v) is 6.14. The number of nitrogens with two attached hydrogens (primary N) is 1. The van der Waals surface area contributed by atoms with Gasteiger partial charge in [-0.25, -0.2) is 4.39 Å². The summed E-state index contributed by atoms with van der Waals surface area (Å²) in [6, 6.07) is 13.1. The van der Waals surface area contributed by atoms with Crippen molar-refractivity contribution >= 4 is 17.9 Å². The zero-order valence-corrected chi connectivity index (χ0v) is 18.3. The van der Waals surface area contributed by atoms with Crippen LogP contribution in [0.15, 0.2) is 42.5 Å². The average molecular weight is 432 g/mol. The van der Waals surface area contributed by atoms with E-state index in [1.165, 1.54) is 23.6 Å². The van der Waals surface area contributed by atoms with Gasteiger partial charge in [-0.3, -0.25) is 9.93 Å². The second kappa shape index (κ2) is 10.8. The van der Waals surface area contributed by atoms with E-state index in [0.717, 1.165) is 24.8 Å². The summed E-state index contributed by atoms with van der Waals surface area (Å²) in [5, 5.41) is 11.9. The molecule has 4 N–H and O–H groups in total. The van der Waals surface area contributed by atoms with Crippen molar-refractivity contribution < 1.29 is 13.9 Å². The van der Waals surface area contributed by atoms with Crippen molar-refractivity contribution in [1.29, 1.82) is 0 Å². The number of halogens is 1. The molecule has 1 fully saturated rings. The van der Waals surface area contributed by atoms with Gasteiger partial charge in [0.05, 0.1) is 7.11 Å². The second-order valence-electron chi connectivity index (χ2n) is 7.77. The van der Waals surface area contributed by atoms with E-state index in [-0.39, 0.29) is 17.8 Å². The van der Waals surface area contributed by atoms with Crippen LogP contribution < -0.4 is 20.5 Å². The van der Waals surface area contributed by atoms with Crippen LogP contribution in [0.3, 0.4) is 0 Å². The number of hydrogen-bond acceptors (Lipinski definition) is 5. The molecule has 0 aromatic heterocycles. The highest BCUT2D eigenvalue weighted by atomic mass is 32.2. The molecule has 2 aromatic carbocycles. The summed E-state index contributed by atoms with van der Waals surface area (Å²) in [6.07, 6.45) is 3.19. The largest absolute Gasteiger partial charge is 0.497 e. The Morgan fingerprint density at radius 2 is 2.03 bits per heavy atom. The minimum absolute atomic E-state index is 0.0381. The van der Waals surface area contributed by atoms with Crippen molar-refractivity contribution in [2.75, 3.05) is 19.4 Å². The van der Waals surface area contributed by atoms with Crippen LogP contribution in [-0.4, -0.2) is 31.4 Å². The van der Waals surface area contributed by atoms with Gasteiger partial charge in [0.15, 0.2) is 0 Å². The first kappa shape index (κ1) is 22.6. The van der Waals surface area contributed by atoms with Crippen molar-refractivity contribution in [2.45, 2.75) is 44.2 Å². The normalized spacial score (nSPS) is 19.5. The molecular weight excluding hydrogens is 401 g/mol. The van der Waals surface area contributed by atoms with Gasteiger partial charge < -0.3 is 15.4 Å². The highest BCUT2D eigenvalue weighted by Crippen LogP contribution is 2.35. The van der Waals surface area contributed by atoms with Crippen LogP contribution in [0.4, 0.5) is 4.39 Å². The summed E-state index contributed by atoms with van der Waals surface area (Å²) in [4.78, 5) is 12.1. The lowest BCUT2D eigenvalue weighted by molar-refractivity contribution is 0.0956. The summed E-state index contributed by atoms with van der Waals surface area (Å²) in [6.45, 7) is 2.62. The summed E-state index contributed by atoms with van der Waals surface area (Å²) in [7, 11) is 1.55. The molecule has 0 bridgehead atoms. The number of benzene rings is 2. The van der Waals surface area contributed by atoms with E-state index in [4.69, 9.17) is 9.88 Å². The Morgan fingerprint density at radius 3 is 2.73 bits per heavy atom. The molecule has 0 radical (unpaired) electrons. The molecule has 0 heterocycles. The number of nitrogens with one attached hydrogen (secondary N) is 2. The fraction of sp³-hybridized carbons (Fsp3) is 0.435. The van der Waals surface area contributed by atoms with Crippen LogP contribution in [0.1, 0.15) is 59.6 Å². The van der Waals surface area contributed by atoms with Gasteiger partial charge in [-0.15, -0.1) is 0 Å². The van der Waals surface area contributed by atoms with Crippen LogP contribution in [0.5, 0.6) is 5.75 Å². The van der Waals surface area contributed by atoms with Gasteiger partial charge in [0.1, 0.15) is 11.6 Å². The lowest BCUT2D eigenvalue weighted by Crippen LogP contribution is -2.29. The summed E-state index contributed by atoms with van der Waals surface area (Å²) in [5.41, 5.74) is 2.81. The van der Waals surface area contributed by atoms with Gasteiger partial charge in [0.25, 0.3) is 5.91 Å². The van der Waals surface area contributed by atoms with Gasteiger partial charge in [-0.2, -0.15) is 0 Å². The monoisotopic (exact) mass is 431 g/mol. The first-order chi connectivity index (χ1) is 14.5. The number of carbonyl (C=O) groups is 1. The van der Waals surface area contributed by atoms with E-state index < -0.39 is 0 Å². The Kier molecular flexibility index (Phi) is 8.13. The molecule has 7 heteroatoms. The van der Waals surface area contributed by atoms with Gasteiger partial charge in [-0.1, -0.05) is 24.1 Å². The minimum Gasteiger partial charge on any atom is -0.497 e. The number of methoxy groups -OCH3 is 1. The van der Waals surface area contributed by atoms with Gasteiger partial charge >= 0.3 is 0 Å². The topological polar surface area (TPSA) is 76.4 Å². The molecule has 0 saturated heterocycles. The maximum atomic E-state index is 13.8. The Hall–Kier alpha value is -2.09. The summed E-state index contributed by atoms with van der Waals surface area (Å²) in [5.74, 6) is 1.34. The predicted octanol–water partition coefficient (Wildman–Crippen LogP) is 4.16. The third-order valence-electron chi connectivity index (χ3n) is 5.70. The molecule has 3 atom stereocenters. The molecule has 1 aliphatic rings. The molecule has 3 rings (SSSR count). The molecule has 162 valence electrons. The number of hydrogen-bond donors (Lipinski definition) is 3. The van der Waals surface area contributed by atoms with Crippen LogP contribution in [0, 0.1) is 5.82 Å². The van der Waals surface area contributed by atoms with E-state index in [2.05, 4.69) is 29.7 Å². The molecule has 1 amide bonds. The summed E-state index contributed by atoms with van der Waals surface area (Å²) < 4.78 is 19.0. The summed E-state index contributed by atoms with van der Waals surface area (Å²) >= 11 is 1.22. The zero-order chi connectivity index (χ0) is 21.5. The van der Waals surface area contributed by atoms with Gasteiger partial charge in [0, 0.05) is 36.0 Å². The maximum Gasteiger partial charge on any atom is 0.251 e. The van der Waals surface area contributed by atoms with Crippen molar-refractivity contribution in [2.24, 2.45) is 5.14 Å². The van der Waals surface area contributed by atoms with E-state index in [1.54, 1.807) is 13.2 Å². The smallest absolute Gasteiger partial charge is 0.251 e. The zero-order valence-electron chi connectivity index (χ0n) is 17.5. The van der Waals surface area contributed by atoms with Gasteiger partial charge in [0.2, 0.25) is 0 Å². The molecule has 3 unspecified atom stereocenters. The van der Waals surface area contributed by atoms with E-state index in [1.807, 2.05) is 18.2 Å². The van der Waals surface area contributed by atoms with E-state index >= 15 is 0 Å². The van der Waals surface area contributed by atoms with Crippen molar-refractivity contribution in [1.82, 2.24) is 10.6 Å². The molecule has 5 nitrogen and oxygen atoms in total. The highest BCUT2D eigenvalue weighted by molar-refractivity contribution is 7.97. The van der Waals surface area contributed by atoms with Crippen LogP contribution in [0.2, 0.25) is 0 Å². The fourth-order valence-corrected chi connectivity index (χ4v) is 4.29. The second-order valence-corrected chi connectivity index (χ2v) is 8.51. The van der Waals surface area contributed by atoms with Crippen molar-refractivity contribution in [3.8, 4) is 5.75 Å². The molecule has 0 aliphatic heterocycles. The molecule has 1 aliphatic carbocycles. The SMILES string of the molecule is COc1cc(F)cc(C(C)NC2CCC(c3ccc(C(=O)NCCSN)cc3)C2)c1. The number of amides is 1. The quantitative estimate of drug-likeness (QED) is 0.411. The van der Waals surface area contributed by atoms with Crippen molar-refractivity contribution in [3.63, 3.8) is 0 Å². The van der Waals surface area contributed by atoms with Crippen LogP contribution in [-0.2, 0) is 0 Å². The molecule has 1 saturated carbocycles. The Labute approximate surface area is 182 Å². The number of rotatable bonds is 9. The van der Waals surface area contributed by atoms with Crippen molar-refractivity contribution in [3.05, 3.63) is 65.0 Å². The Morgan fingerprint density at radius 1 is 1.27 bits per heavy atom.